The third kappa shape index (κ3) is 2.26. The minimum Gasteiger partial charge on any atom is -0.454 e. The predicted octanol–water partition coefficient (Wildman–Crippen LogP) is 2.25. The molecule has 14 heavy (non-hydrogen) atoms. The SMILES string of the molecule is N#CCC(O)c1ccc(C(F)(F)F)o1. The second kappa shape index (κ2) is 3.72. The standard InChI is InChI=1S/C8H6F3NO2/c9-8(10,11)7-2-1-6(14-7)5(13)3-4-12/h1-2,5,13H,3H2. The van der Waals surface area contributed by atoms with Crippen molar-refractivity contribution in [3.05, 3.63) is 23.7 Å². The molecule has 0 amide bonds. The monoisotopic (exact) mass is 205 g/mol. The lowest BCUT2D eigenvalue weighted by atomic mass is 10.2. The number of aliphatic hydroxyl groups excluding tert-OH is 1. The van der Waals surface area contributed by atoms with Gasteiger partial charge in [-0.15, -0.1) is 0 Å². The van der Waals surface area contributed by atoms with Gasteiger partial charge in [-0.1, -0.05) is 0 Å². The van der Waals surface area contributed by atoms with E-state index in [0.29, 0.717) is 0 Å². The third-order valence-corrected chi connectivity index (χ3v) is 1.52. The summed E-state index contributed by atoms with van der Waals surface area (Å²) in [5.41, 5.74) is 0. The van der Waals surface area contributed by atoms with E-state index in [1.165, 1.54) is 0 Å². The summed E-state index contributed by atoms with van der Waals surface area (Å²) in [6.45, 7) is 0. The second-order valence-corrected chi connectivity index (χ2v) is 2.58. The molecule has 0 saturated heterocycles. The maximum atomic E-state index is 12.0. The Hall–Kier alpha value is -1.48. The number of halogens is 3. The first-order valence-corrected chi connectivity index (χ1v) is 3.67. The molecule has 0 aliphatic heterocycles. The Bertz CT molecular complexity index is 350. The van der Waals surface area contributed by atoms with Crippen molar-refractivity contribution in [3.63, 3.8) is 0 Å². The number of furan rings is 1. The van der Waals surface area contributed by atoms with Gasteiger partial charge < -0.3 is 9.52 Å². The summed E-state index contributed by atoms with van der Waals surface area (Å²) in [5.74, 6) is -1.43. The number of nitrogens with zero attached hydrogens (tertiary/aromatic N) is 1. The molecule has 76 valence electrons. The fourth-order valence-electron chi connectivity index (χ4n) is 0.871. The highest BCUT2D eigenvalue weighted by atomic mass is 19.4. The van der Waals surface area contributed by atoms with Gasteiger partial charge in [0.1, 0.15) is 11.9 Å². The molecule has 0 aliphatic carbocycles. The molecule has 1 heterocycles. The Labute approximate surface area is 77.4 Å². The average Bonchev–Trinajstić information content (AvgIpc) is 2.51. The Balaban J connectivity index is 2.84. The lowest BCUT2D eigenvalue weighted by Crippen LogP contribution is -2.02. The van der Waals surface area contributed by atoms with E-state index in [1.807, 2.05) is 0 Å². The van der Waals surface area contributed by atoms with E-state index in [9.17, 15) is 13.2 Å². The van der Waals surface area contributed by atoms with Crippen LogP contribution in [0.1, 0.15) is 24.0 Å². The van der Waals surface area contributed by atoms with E-state index in [2.05, 4.69) is 4.42 Å². The van der Waals surface area contributed by atoms with E-state index >= 15 is 0 Å². The van der Waals surface area contributed by atoms with Crippen LogP contribution in [0.5, 0.6) is 0 Å². The molecule has 1 aromatic heterocycles. The van der Waals surface area contributed by atoms with Crippen LogP contribution in [0.15, 0.2) is 16.5 Å². The van der Waals surface area contributed by atoms with Crippen LogP contribution < -0.4 is 0 Å². The van der Waals surface area contributed by atoms with Crippen molar-refractivity contribution in [3.8, 4) is 6.07 Å². The van der Waals surface area contributed by atoms with Crippen molar-refractivity contribution in [2.24, 2.45) is 0 Å². The minimum atomic E-state index is -4.56. The quantitative estimate of drug-likeness (QED) is 0.805. The van der Waals surface area contributed by atoms with Crippen LogP contribution >= 0.6 is 0 Å². The Kier molecular flexibility index (Phi) is 2.81. The first-order chi connectivity index (χ1) is 6.45. The van der Waals surface area contributed by atoms with Crippen molar-refractivity contribution in [1.29, 1.82) is 5.26 Å². The van der Waals surface area contributed by atoms with Gasteiger partial charge in [0.25, 0.3) is 0 Å². The highest BCUT2D eigenvalue weighted by molar-refractivity contribution is 5.12. The molecule has 1 N–H and O–H groups in total. The van der Waals surface area contributed by atoms with E-state index in [4.69, 9.17) is 10.4 Å². The molecular formula is C8H6F3NO2. The highest BCUT2D eigenvalue weighted by Crippen LogP contribution is 2.32. The molecule has 1 unspecified atom stereocenters. The van der Waals surface area contributed by atoms with Gasteiger partial charge in [-0.05, 0) is 12.1 Å². The molecule has 1 atom stereocenters. The van der Waals surface area contributed by atoms with Crippen LogP contribution in [0.4, 0.5) is 13.2 Å². The molecule has 0 aromatic carbocycles. The van der Waals surface area contributed by atoms with Crippen LogP contribution in [0.3, 0.4) is 0 Å². The van der Waals surface area contributed by atoms with Crippen LogP contribution in [0, 0.1) is 11.3 Å². The normalized spacial score (nSPS) is 13.6. The number of alkyl halides is 3. The van der Waals surface area contributed by atoms with Gasteiger partial charge in [-0.3, -0.25) is 0 Å². The van der Waals surface area contributed by atoms with Crippen molar-refractivity contribution >= 4 is 0 Å². The molecule has 3 nitrogen and oxygen atoms in total. The summed E-state index contributed by atoms with van der Waals surface area (Å²) in [7, 11) is 0. The second-order valence-electron chi connectivity index (χ2n) is 2.58. The summed E-state index contributed by atoms with van der Waals surface area (Å²) in [5, 5.41) is 17.3. The number of aliphatic hydroxyl groups is 1. The predicted molar refractivity (Wildman–Crippen MR) is 38.9 cm³/mol. The summed E-state index contributed by atoms with van der Waals surface area (Å²) < 4.78 is 40.4. The number of rotatable bonds is 2. The van der Waals surface area contributed by atoms with E-state index < -0.39 is 18.0 Å². The highest BCUT2D eigenvalue weighted by Gasteiger charge is 2.35. The van der Waals surface area contributed by atoms with Gasteiger partial charge in [0, 0.05) is 0 Å². The first kappa shape index (κ1) is 10.6. The molecule has 0 fully saturated rings. The summed E-state index contributed by atoms with van der Waals surface area (Å²) in [6.07, 6.45) is -6.17. The van der Waals surface area contributed by atoms with Gasteiger partial charge in [-0.25, -0.2) is 0 Å². The van der Waals surface area contributed by atoms with E-state index in [1.54, 1.807) is 6.07 Å². The molecule has 0 saturated carbocycles. The molecule has 0 aliphatic rings. The van der Waals surface area contributed by atoms with Crippen LogP contribution in [0.25, 0.3) is 0 Å². The smallest absolute Gasteiger partial charge is 0.449 e. The van der Waals surface area contributed by atoms with Gasteiger partial charge in [0.2, 0.25) is 5.76 Å². The van der Waals surface area contributed by atoms with Gasteiger partial charge >= 0.3 is 6.18 Å². The molecule has 1 rings (SSSR count). The van der Waals surface area contributed by atoms with Crippen molar-refractivity contribution in [2.75, 3.05) is 0 Å². The number of nitriles is 1. The maximum absolute atomic E-state index is 12.0. The molecule has 6 heteroatoms. The molecule has 0 bridgehead atoms. The summed E-state index contributed by atoms with van der Waals surface area (Å²) >= 11 is 0. The van der Waals surface area contributed by atoms with E-state index in [0.717, 1.165) is 12.1 Å². The van der Waals surface area contributed by atoms with Gasteiger partial charge in [0.05, 0.1) is 12.5 Å². The van der Waals surface area contributed by atoms with Crippen LogP contribution in [0.2, 0.25) is 0 Å². The Morgan fingerprint density at radius 2 is 2.14 bits per heavy atom. The summed E-state index contributed by atoms with van der Waals surface area (Å²) in [4.78, 5) is 0. The fourth-order valence-corrected chi connectivity index (χ4v) is 0.871. The summed E-state index contributed by atoms with van der Waals surface area (Å²) in [6, 6.07) is 3.35. The fraction of sp³-hybridized carbons (Fsp3) is 0.375. The molecular weight excluding hydrogens is 199 g/mol. The third-order valence-electron chi connectivity index (χ3n) is 1.52. The van der Waals surface area contributed by atoms with E-state index in [-0.39, 0.29) is 12.2 Å². The maximum Gasteiger partial charge on any atom is 0.449 e. The molecule has 0 spiro atoms. The Morgan fingerprint density at radius 1 is 1.50 bits per heavy atom. The van der Waals surface area contributed by atoms with Crippen LogP contribution in [-0.4, -0.2) is 5.11 Å². The molecule has 1 aromatic rings. The Morgan fingerprint density at radius 3 is 2.57 bits per heavy atom. The van der Waals surface area contributed by atoms with Gasteiger partial charge in [-0.2, -0.15) is 18.4 Å². The lowest BCUT2D eigenvalue weighted by Gasteiger charge is -2.03. The zero-order chi connectivity index (χ0) is 10.8. The topological polar surface area (TPSA) is 57.2 Å². The molecule has 0 radical (unpaired) electrons. The average molecular weight is 205 g/mol. The van der Waals surface area contributed by atoms with Crippen molar-refractivity contribution < 1.29 is 22.7 Å². The van der Waals surface area contributed by atoms with Crippen molar-refractivity contribution in [2.45, 2.75) is 18.7 Å². The number of hydrogen-bond donors (Lipinski definition) is 1. The van der Waals surface area contributed by atoms with Crippen LogP contribution in [-0.2, 0) is 6.18 Å². The van der Waals surface area contributed by atoms with Gasteiger partial charge in [0.15, 0.2) is 0 Å². The zero-order valence-electron chi connectivity index (χ0n) is 6.88. The largest absolute Gasteiger partial charge is 0.454 e. The minimum absolute atomic E-state index is 0.251. The first-order valence-electron chi connectivity index (χ1n) is 3.67. The number of hydrogen-bond acceptors (Lipinski definition) is 3. The van der Waals surface area contributed by atoms with Crippen molar-refractivity contribution in [1.82, 2.24) is 0 Å². The lowest BCUT2D eigenvalue weighted by molar-refractivity contribution is -0.153. The zero-order valence-corrected chi connectivity index (χ0v) is 6.88.